The highest BCUT2D eigenvalue weighted by Crippen LogP contribution is 2.31. The van der Waals surface area contributed by atoms with Gasteiger partial charge in [-0.2, -0.15) is 0 Å². The highest BCUT2D eigenvalue weighted by Gasteiger charge is 2.20. The highest BCUT2D eigenvalue weighted by molar-refractivity contribution is 7.22. The third-order valence-corrected chi connectivity index (χ3v) is 6.22. The molecular formula is C24H24ClN3O2S. The van der Waals surface area contributed by atoms with Crippen LogP contribution in [-0.2, 0) is 4.79 Å². The lowest BCUT2D eigenvalue weighted by molar-refractivity contribution is -0.120. The molecule has 0 saturated carbocycles. The van der Waals surface area contributed by atoms with Crippen LogP contribution in [0, 0.1) is 0 Å². The SMILES string of the molecule is CN(C)CCCN(C(=O)COc1ccc2ccccc2c1)c1nc2ccc(Cl)cc2s1. The zero-order valence-corrected chi connectivity index (χ0v) is 19.1. The van der Waals surface area contributed by atoms with Gasteiger partial charge >= 0.3 is 0 Å². The number of benzene rings is 3. The van der Waals surface area contributed by atoms with Crippen LogP contribution in [0.5, 0.6) is 5.75 Å². The van der Waals surface area contributed by atoms with E-state index in [2.05, 4.69) is 16.0 Å². The van der Waals surface area contributed by atoms with Crippen molar-refractivity contribution in [2.75, 3.05) is 38.7 Å². The van der Waals surface area contributed by atoms with Crippen LogP contribution >= 0.6 is 22.9 Å². The molecule has 5 nitrogen and oxygen atoms in total. The number of aromatic nitrogens is 1. The molecule has 0 atom stereocenters. The fourth-order valence-electron chi connectivity index (χ4n) is 3.35. The van der Waals surface area contributed by atoms with Crippen LogP contribution < -0.4 is 9.64 Å². The molecule has 1 heterocycles. The second-order valence-corrected chi connectivity index (χ2v) is 9.05. The number of thiazole rings is 1. The summed E-state index contributed by atoms with van der Waals surface area (Å²) < 4.78 is 6.81. The molecule has 4 aromatic rings. The van der Waals surface area contributed by atoms with Crippen molar-refractivity contribution >= 4 is 55.0 Å². The minimum atomic E-state index is -0.114. The van der Waals surface area contributed by atoms with E-state index in [0.717, 1.165) is 34.0 Å². The Bertz CT molecular complexity index is 1210. The molecule has 0 radical (unpaired) electrons. The van der Waals surface area contributed by atoms with Gasteiger partial charge in [0, 0.05) is 11.6 Å². The molecule has 0 N–H and O–H groups in total. The van der Waals surface area contributed by atoms with Gasteiger partial charge in [0.2, 0.25) is 0 Å². The molecule has 1 amide bonds. The van der Waals surface area contributed by atoms with E-state index in [1.807, 2.05) is 68.7 Å². The zero-order chi connectivity index (χ0) is 21.8. The van der Waals surface area contributed by atoms with Crippen molar-refractivity contribution in [1.29, 1.82) is 0 Å². The van der Waals surface area contributed by atoms with Crippen molar-refractivity contribution < 1.29 is 9.53 Å². The van der Waals surface area contributed by atoms with Crippen molar-refractivity contribution in [3.63, 3.8) is 0 Å². The quantitative estimate of drug-likeness (QED) is 0.355. The van der Waals surface area contributed by atoms with Gasteiger partial charge in [-0.05, 0) is 68.2 Å². The van der Waals surface area contributed by atoms with Crippen molar-refractivity contribution in [2.45, 2.75) is 6.42 Å². The van der Waals surface area contributed by atoms with Crippen molar-refractivity contribution in [1.82, 2.24) is 9.88 Å². The maximum Gasteiger partial charge on any atom is 0.266 e. The molecule has 160 valence electrons. The van der Waals surface area contributed by atoms with Gasteiger partial charge in [0.1, 0.15) is 5.75 Å². The number of nitrogens with zero attached hydrogens (tertiary/aromatic N) is 3. The lowest BCUT2D eigenvalue weighted by Crippen LogP contribution is -2.36. The minimum Gasteiger partial charge on any atom is -0.484 e. The van der Waals surface area contributed by atoms with E-state index in [9.17, 15) is 4.79 Å². The van der Waals surface area contributed by atoms with Crippen molar-refractivity contribution in [3.05, 3.63) is 65.7 Å². The normalized spacial score (nSPS) is 11.4. The van der Waals surface area contributed by atoms with Gasteiger partial charge in [-0.25, -0.2) is 4.98 Å². The first-order chi connectivity index (χ1) is 15.0. The number of hydrogen-bond donors (Lipinski definition) is 0. The summed E-state index contributed by atoms with van der Waals surface area (Å²) >= 11 is 7.59. The molecule has 1 aromatic heterocycles. The molecule has 0 spiro atoms. The summed E-state index contributed by atoms with van der Waals surface area (Å²) in [6, 6.07) is 19.5. The number of ether oxygens (including phenoxy) is 1. The average Bonchev–Trinajstić information content (AvgIpc) is 3.17. The fourth-order valence-corrected chi connectivity index (χ4v) is 4.64. The van der Waals surface area contributed by atoms with Crippen LogP contribution in [0.25, 0.3) is 21.0 Å². The average molecular weight is 454 g/mol. The van der Waals surface area contributed by atoms with E-state index >= 15 is 0 Å². The lowest BCUT2D eigenvalue weighted by Gasteiger charge is -2.21. The Labute approximate surface area is 190 Å². The topological polar surface area (TPSA) is 45.7 Å². The highest BCUT2D eigenvalue weighted by atomic mass is 35.5. The summed E-state index contributed by atoms with van der Waals surface area (Å²) in [6.07, 6.45) is 0.839. The van der Waals surface area contributed by atoms with Crippen molar-refractivity contribution in [2.24, 2.45) is 0 Å². The second kappa shape index (κ2) is 9.64. The summed E-state index contributed by atoms with van der Waals surface area (Å²) in [7, 11) is 4.05. The van der Waals surface area contributed by atoms with Crippen LogP contribution in [0.3, 0.4) is 0 Å². The Morgan fingerprint density at radius 2 is 1.84 bits per heavy atom. The molecule has 0 unspecified atom stereocenters. The van der Waals surface area contributed by atoms with Gasteiger partial charge in [-0.15, -0.1) is 0 Å². The molecule has 3 aromatic carbocycles. The maximum absolute atomic E-state index is 13.1. The van der Waals surface area contributed by atoms with Gasteiger partial charge in [-0.1, -0.05) is 53.3 Å². The van der Waals surface area contributed by atoms with Gasteiger partial charge in [0.15, 0.2) is 11.7 Å². The van der Waals surface area contributed by atoms with E-state index in [1.165, 1.54) is 11.3 Å². The Kier molecular flexibility index (Phi) is 6.70. The molecule has 7 heteroatoms. The summed E-state index contributed by atoms with van der Waals surface area (Å²) in [5.74, 6) is 0.563. The van der Waals surface area contributed by atoms with Gasteiger partial charge < -0.3 is 9.64 Å². The molecule has 0 aliphatic heterocycles. The second-order valence-electron chi connectivity index (χ2n) is 7.61. The first-order valence-corrected chi connectivity index (χ1v) is 11.3. The van der Waals surface area contributed by atoms with Gasteiger partial charge in [0.25, 0.3) is 5.91 Å². The smallest absolute Gasteiger partial charge is 0.266 e. The van der Waals surface area contributed by atoms with Crippen LogP contribution in [0.4, 0.5) is 5.13 Å². The first kappa shape index (κ1) is 21.6. The van der Waals surface area contributed by atoms with Crippen LogP contribution in [0.15, 0.2) is 60.7 Å². The molecule has 0 bridgehead atoms. The van der Waals surface area contributed by atoms with Crippen molar-refractivity contribution in [3.8, 4) is 5.75 Å². The molecule has 31 heavy (non-hydrogen) atoms. The van der Waals surface area contributed by atoms with Crippen LogP contribution in [0.1, 0.15) is 6.42 Å². The number of hydrogen-bond acceptors (Lipinski definition) is 5. The molecule has 0 saturated heterocycles. The molecule has 0 aliphatic carbocycles. The summed E-state index contributed by atoms with van der Waals surface area (Å²) in [6.45, 7) is 1.41. The van der Waals surface area contributed by atoms with E-state index < -0.39 is 0 Å². The zero-order valence-electron chi connectivity index (χ0n) is 17.5. The van der Waals surface area contributed by atoms with E-state index in [4.69, 9.17) is 16.3 Å². The number of anilines is 1. The molecule has 0 aliphatic rings. The first-order valence-electron chi connectivity index (χ1n) is 10.1. The Morgan fingerprint density at radius 1 is 1.03 bits per heavy atom. The maximum atomic E-state index is 13.1. The fraction of sp³-hybridized carbons (Fsp3) is 0.250. The Hall–Kier alpha value is -2.67. The summed E-state index contributed by atoms with van der Waals surface area (Å²) in [5.41, 5.74) is 0.838. The number of fused-ring (bicyclic) bond motifs is 2. The van der Waals surface area contributed by atoms with E-state index in [1.54, 1.807) is 4.90 Å². The molecule has 0 fully saturated rings. The summed E-state index contributed by atoms with van der Waals surface area (Å²) in [5, 5.41) is 3.55. The van der Waals surface area contributed by atoms with E-state index in [-0.39, 0.29) is 12.5 Å². The lowest BCUT2D eigenvalue weighted by atomic mass is 10.1. The monoisotopic (exact) mass is 453 g/mol. The molecule has 4 rings (SSSR count). The minimum absolute atomic E-state index is 0.0447. The third kappa shape index (κ3) is 5.34. The van der Waals surface area contributed by atoms with E-state index in [0.29, 0.717) is 22.4 Å². The number of amides is 1. The largest absolute Gasteiger partial charge is 0.484 e. The Morgan fingerprint density at radius 3 is 2.65 bits per heavy atom. The molecular weight excluding hydrogens is 430 g/mol. The number of carbonyl (C=O) groups is 1. The predicted octanol–water partition coefficient (Wildman–Crippen LogP) is 5.47. The van der Waals surface area contributed by atoms with Crippen LogP contribution in [-0.4, -0.2) is 49.6 Å². The number of halogens is 1. The number of rotatable bonds is 8. The Balaban J connectivity index is 1.52. The third-order valence-electron chi connectivity index (χ3n) is 4.94. The summed E-state index contributed by atoms with van der Waals surface area (Å²) in [4.78, 5) is 21.6. The van der Waals surface area contributed by atoms with Gasteiger partial charge in [0.05, 0.1) is 10.2 Å². The van der Waals surface area contributed by atoms with Gasteiger partial charge in [-0.3, -0.25) is 9.69 Å². The predicted molar refractivity (Wildman–Crippen MR) is 130 cm³/mol. The van der Waals surface area contributed by atoms with Crippen LogP contribution in [0.2, 0.25) is 5.02 Å². The number of carbonyl (C=O) groups excluding carboxylic acids is 1. The standard InChI is InChI=1S/C24H24ClN3O2S/c1-27(2)12-5-13-28(24-26-21-11-9-19(25)15-22(21)31-24)23(29)16-30-20-10-8-17-6-3-4-7-18(17)14-20/h3-4,6-11,14-15H,5,12-13,16H2,1-2H3.